The molecule has 2 fully saturated rings. The van der Waals surface area contributed by atoms with Gasteiger partial charge < -0.3 is 15.4 Å². The molecule has 10 nitrogen and oxygen atoms in total. The molecule has 2 aromatic heterocycles. The Morgan fingerprint density at radius 1 is 1.42 bits per heavy atom. The average molecular weight is 360 g/mol. The number of nitrogens with one attached hydrogen (secondary N) is 3. The predicted molar refractivity (Wildman–Crippen MR) is 92.2 cm³/mol. The molecule has 4 N–H and O–H groups in total. The standard InChI is InChI=1S/C15H18N6O2.CH2O2/c22-12-2-1-5-21(12)20-14-10-6-11(19-13(10)17-8-18-14)15(23)16-7-9-3-4-9;2-1-3/h6,8-9H,1-5,7H2,(H,16,23)(H2,17,18,19,20);1H,(H,2,3). The van der Waals surface area contributed by atoms with Crippen LogP contribution in [0, 0.1) is 5.92 Å². The first kappa shape index (κ1) is 17.6. The van der Waals surface area contributed by atoms with Gasteiger partial charge >= 0.3 is 0 Å². The first-order chi connectivity index (χ1) is 12.6. The predicted octanol–water partition coefficient (Wildman–Crippen LogP) is 0.748. The molecular weight excluding hydrogens is 340 g/mol. The molecule has 0 spiro atoms. The van der Waals surface area contributed by atoms with Gasteiger partial charge in [0.2, 0.25) is 5.91 Å². The van der Waals surface area contributed by atoms with Crippen molar-refractivity contribution >= 4 is 35.1 Å². The number of carboxylic acid groups (broad SMARTS) is 1. The molecule has 4 rings (SSSR count). The maximum Gasteiger partial charge on any atom is 0.290 e. The van der Waals surface area contributed by atoms with Crippen LogP contribution in [0.3, 0.4) is 0 Å². The number of carbonyl (C=O) groups excluding carboxylic acids is 2. The molecule has 2 aliphatic rings. The van der Waals surface area contributed by atoms with E-state index >= 15 is 0 Å². The van der Waals surface area contributed by atoms with Crippen LogP contribution in [0.1, 0.15) is 36.2 Å². The van der Waals surface area contributed by atoms with Gasteiger partial charge in [-0.15, -0.1) is 0 Å². The van der Waals surface area contributed by atoms with Crippen LogP contribution < -0.4 is 10.7 Å². The maximum atomic E-state index is 12.2. The fourth-order valence-corrected chi connectivity index (χ4v) is 2.70. The third kappa shape index (κ3) is 4.08. The van der Waals surface area contributed by atoms with Gasteiger partial charge in [0.15, 0.2) is 5.82 Å². The van der Waals surface area contributed by atoms with Crippen LogP contribution in [-0.4, -0.2) is 56.4 Å². The smallest absolute Gasteiger partial charge is 0.290 e. The number of anilines is 1. The number of aromatic amines is 1. The van der Waals surface area contributed by atoms with Crippen LogP contribution in [0.4, 0.5) is 5.82 Å². The van der Waals surface area contributed by atoms with Gasteiger partial charge in [0.25, 0.3) is 12.4 Å². The lowest BCUT2D eigenvalue weighted by Gasteiger charge is -2.17. The Bertz CT molecular complexity index is 816. The van der Waals surface area contributed by atoms with Crippen LogP contribution in [0.15, 0.2) is 12.4 Å². The van der Waals surface area contributed by atoms with Gasteiger partial charge in [-0.2, -0.15) is 0 Å². The molecular formula is C16H20N6O4. The molecule has 26 heavy (non-hydrogen) atoms. The zero-order valence-electron chi connectivity index (χ0n) is 14.1. The Morgan fingerprint density at radius 2 is 2.19 bits per heavy atom. The molecule has 10 heteroatoms. The summed E-state index contributed by atoms with van der Waals surface area (Å²) in [4.78, 5) is 43.6. The van der Waals surface area contributed by atoms with Crippen LogP contribution in [0.2, 0.25) is 0 Å². The van der Waals surface area contributed by atoms with Gasteiger partial charge in [-0.1, -0.05) is 0 Å². The summed E-state index contributed by atoms with van der Waals surface area (Å²) < 4.78 is 0. The lowest BCUT2D eigenvalue weighted by atomic mass is 10.3. The minimum absolute atomic E-state index is 0.0506. The van der Waals surface area contributed by atoms with E-state index < -0.39 is 0 Å². The summed E-state index contributed by atoms with van der Waals surface area (Å²) in [6, 6.07) is 1.72. The zero-order valence-corrected chi connectivity index (χ0v) is 14.1. The number of hydrogen-bond donors (Lipinski definition) is 4. The highest BCUT2D eigenvalue weighted by molar-refractivity contribution is 6.00. The molecule has 1 aliphatic carbocycles. The van der Waals surface area contributed by atoms with E-state index in [1.165, 1.54) is 19.2 Å². The van der Waals surface area contributed by atoms with Gasteiger partial charge in [0, 0.05) is 19.5 Å². The zero-order chi connectivity index (χ0) is 18.5. The van der Waals surface area contributed by atoms with Crippen molar-refractivity contribution in [2.75, 3.05) is 18.5 Å². The van der Waals surface area contributed by atoms with Crippen LogP contribution in [0.25, 0.3) is 11.0 Å². The quantitative estimate of drug-likeness (QED) is 0.577. The molecule has 3 heterocycles. The highest BCUT2D eigenvalue weighted by Crippen LogP contribution is 2.28. The third-order valence-corrected chi connectivity index (χ3v) is 4.23. The number of aromatic nitrogens is 3. The van der Waals surface area contributed by atoms with Crippen molar-refractivity contribution in [2.24, 2.45) is 5.92 Å². The highest BCUT2D eigenvalue weighted by Gasteiger charge is 2.24. The summed E-state index contributed by atoms with van der Waals surface area (Å²) in [5, 5.41) is 12.1. The number of carbonyl (C=O) groups is 3. The van der Waals surface area contributed by atoms with Crippen LogP contribution >= 0.6 is 0 Å². The lowest BCUT2D eigenvalue weighted by Crippen LogP contribution is -2.31. The van der Waals surface area contributed by atoms with Gasteiger partial charge in [0.1, 0.15) is 17.7 Å². The first-order valence-electron chi connectivity index (χ1n) is 8.39. The van der Waals surface area contributed by atoms with Crippen molar-refractivity contribution < 1.29 is 19.5 Å². The van der Waals surface area contributed by atoms with Crippen LogP contribution in [0.5, 0.6) is 0 Å². The topological polar surface area (TPSA) is 140 Å². The highest BCUT2D eigenvalue weighted by atomic mass is 16.3. The van der Waals surface area contributed by atoms with Crippen molar-refractivity contribution in [3.8, 4) is 0 Å². The SMILES string of the molecule is O=C(NCC1CC1)c1cc2c(NN3CCCC3=O)ncnc2[nH]1.O=CO. The summed E-state index contributed by atoms with van der Waals surface area (Å²) in [7, 11) is 0. The number of hydrazine groups is 1. The fourth-order valence-electron chi connectivity index (χ4n) is 2.70. The Kier molecular flexibility index (Phi) is 5.30. The second kappa shape index (κ2) is 7.81. The second-order valence-electron chi connectivity index (χ2n) is 6.19. The molecule has 0 aromatic carbocycles. The van der Waals surface area contributed by atoms with E-state index in [2.05, 4.69) is 25.7 Å². The Hall–Kier alpha value is -3.17. The van der Waals surface area contributed by atoms with E-state index in [9.17, 15) is 9.59 Å². The van der Waals surface area contributed by atoms with E-state index in [-0.39, 0.29) is 18.3 Å². The number of fused-ring (bicyclic) bond motifs is 1. The summed E-state index contributed by atoms with van der Waals surface area (Å²) in [6.45, 7) is 1.12. The van der Waals surface area contributed by atoms with Gasteiger partial charge in [-0.05, 0) is 31.2 Å². The third-order valence-electron chi connectivity index (χ3n) is 4.23. The number of nitrogens with zero attached hydrogens (tertiary/aromatic N) is 3. The summed E-state index contributed by atoms with van der Waals surface area (Å²) in [6.07, 6.45) is 5.17. The summed E-state index contributed by atoms with van der Waals surface area (Å²) >= 11 is 0. The normalized spacial score (nSPS) is 16.2. The second-order valence-corrected chi connectivity index (χ2v) is 6.19. The Balaban J connectivity index is 0.000000613. The number of H-pyrrole nitrogens is 1. The molecule has 138 valence electrons. The molecule has 2 amide bonds. The van der Waals surface area contributed by atoms with E-state index in [4.69, 9.17) is 9.90 Å². The monoisotopic (exact) mass is 360 g/mol. The van der Waals surface area contributed by atoms with E-state index in [1.807, 2.05) is 0 Å². The largest absolute Gasteiger partial charge is 0.483 e. The van der Waals surface area contributed by atoms with E-state index in [0.29, 0.717) is 48.0 Å². The van der Waals surface area contributed by atoms with Crippen molar-refractivity contribution in [1.82, 2.24) is 25.3 Å². The van der Waals surface area contributed by atoms with Gasteiger partial charge in [-0.25, -0.2) is 9.97 Å². The first-order valence-corrected chi connectivity index (χ1v) is 8.39. The summed E-state index contributed by atoms with van der Waals surface area (Å²) in [5.41, 5.74) is 4.06. The molecule has 0 radical (unpaired) electrons. The number of amides is 2. The molecule has 0 unspecified atom stereocenters. The van der Waals surface area contributed by atoms with Crippen molar-refractivity contribution in [1.29, 1.82) is 0 Å². The van der Waals surface area contributed by atoms with Crippen LogP contribution in [-0.2, 0) is 9.59 Å². The molecule has 1 aliphatic heterocycles. The van der Waals surface area contributed by atoms with E-state index in [1.54, 1.807) is 11.1 Å². The lowest BCUT2D eigenvalue weighted by molar-refractivity contribution is -0.126. The maximum absolute atomic E-state index is 12.2. The number of hydrogen-bond acceptors (Lipinski definition) is 6. The molecule has 1 saturated carbocycles. The molecule has 0 bridgehead atoms. The molecule has 2 aromatic rings. The molecule has 0 atom stereocenters. The fraction of sp³-hybridized carbons (Fsp3) is 0.438. The van der Waals surface area contributed by atoms with Crippen molar-refractivity contribution in [3.05, 3.63) is 18.1 Å². The Labute approximate surface area is 149 Å². The van der Waals surface area contributed by atoms with Crippen molar-refractivity contribution in [2.45, 2.75) is 25.7 Å². The number of rotatable bonds is 5. The minimum Gasteiger partial charge on any atom is -0.483 e. The van der Waals surface area contributed by atoms with Gasteiger partial charge in [-0.3, -0.25) is 24.8 Å². The molecule has 1 saturated heterocycles. The Morgan fingerprint density at radius 3 is 2.85 bits per heavy atom. The van der Waals surface area contributed by atoms with E-state index in [0.717, 1.165) is 6.42 Å². The van der Waals surface area contributed by atoms with Gasteiger partial charge in [0.05, 0.1) is 5.39 Å². The summed E-state index contributed by atoms with van der Waals surface area (Å²) in [5.74, 6) is 1.07. The minimum atomic E-state index is -0.250. The van der Waals surface area contributed by atoms with Crippen molar-refractivity contribution in [3.63, 3.8) is 0 Å². The average Bonchev–Trinajstić information content (AvgIpc) is 3.21.